The van der Waals surface area contributed by atoms with Crippen molar-refractivity contribution in [3.05, 3.63) is 40.0 Å². The third kappa shape index (κ3) is 2.77. The molecule has 2 aromatic rings. The number of carboxylic acid groups (broad SMARTS) is 1. The van der Waals surface area contributed by atoms with E-state index in [-0.39, 0.29) is 16.3 Å². The number of carboxylic acids is 1. The molecule has 0 aliphatic carbocycles. The number of hydrogen-bond acceptors (Lipinski definition) is 5. The summed E-state index contributed by atoms with van der Waals surface area (Å²) in [7, 11) is -2.28. The summed E-state index contributed by atoms with van der Waals surface area (Å²) in [6.07, 6.45) is 2.93. The van der Waals surface area contributed by atoms with E-state index in [4.69, 9.17) is 9.52 Å². The molecule has 2 rings (SSSR count). The first-order valence-corrected chi connectivity index (χ1v) is 7.89. The maximum Gasteiger partial charge on any atom is 0.345 e. The number of carbonyl (C=O) groups is 1. The Morgan fingerprint density at radius 1 is 1.50 bits per heavy atom. The van der Waals surface area contributed by atoms with E-state index in [2.05, 4.69) is 0 Å². The molecule has 0 bridgehead atoms. The first-order chi connectivity index (χ1) is 9.32. The molecule has 0 radical (unpaired) electrons. The van der Waals surface area contributed by atoms with E-state index in [1.165, 1.54) is 29.9 Å². The summed E-state index contributed by atoms with van der Waals surface area (Å²) in [6, 6.07) is 2.87. The lowest BCUT2D eigenvalue weighted by Crippen LogP contribution is -2.26. The van der Waals surface area contributed by atoms with Crippen LogP contribution < -0.4 is 0 Å². The Bertz CT molecular complexity index is 715. The van der Waals surface area contributed by atoms with Crippen LogP contribution in [0.2, 0.25) is 0 Å². The summed E-state index contributed by atoms with van der Waals surface area (Å²) in [6.45, 7) is 1.76. The zero-order valence-electron chi connectivity index (χ0n) is 10.9. The van der Waals surface area contributed by atoms with Gasteiger partial charge < -0.3 is 9.52 Å². The van der Waals surface area contributed by atoms with Crippen LogP contribution in [0.15, 0.2) is 34.0 Å². The largest absolute Gasteiger partial charge is 0.477 e. The molecule has 6 nitrogen and oxygen atoms in total. The van der Waals surface area contributed by atoms with Crippen LogP contribution in [0.3, 0.4) is 0 Å². The second-order valence-corrected chi connectivity index (χ2v) is 7.50. The van der Waals surface area contributed by atoms with Crippen molar-refractivity contribution in [2.75, 3.05) is 7.05 Å². The van der Waals surface area contributed by atoms with Crippen LogP contribution in [0.25, 0.3) is 0 Å². The topological polar surface area (TPSA) is 87.8 Å². The number of aromatic carboxylic acids is 1. The van der Waals surface area contributed by atoms with Crippen LogP contribution >= 0.6 is 11.3 Å². The molecule has 0 fully saturated rings. The lowest BCUT2D eigenvalue weighted by atomic mass is 10.3. The second kappa shape index (κ2) is 5.39. The quantitative estimate of drug-likeness (QED) is 0.913. The van der Waals surface area contributed by atoms with Crippen LogP contribution in [0.1, 0.15) is 20.1 Å². The van der Waals surface area contributed by atoms with Crippen LogP contribution in [-0.4, -0.2) is 30.8 Å². The number of thiophene rings is 1. The maximum atomic E-state index is 12.4. The van der Waals surface area contributed by atoms with Gasteiger partial charge in [-0.2, -0.15) is 4.31 Å². The van der Waals surface area contributed by atoms with Crippen LogP contribution in [0.5, 0.6) is 0 Å². The van der Waals surface area contributed by atoms with Crippen molar-refractivity contribution in [2.45, 2.75) is 18.4 Å². The summed E-state index contributed by atoms with van der Waals surface area (Å²) in [4.78, 5) is 11.4. The molecule has 0 aliphatic heterocycles. The zero-order chi connectivity index (χ0) is 14.9. The van der Waals surface area contributed by atoms with E-state index in [0.717, 1.165) is 16.9 Å². The van der Waals surface area contributed by atoms with Gasteiger partial charge in [0.25, 0.3) is 0 Å². The Hall–Kier alpha value is -1.64. The Morgan fingerprint density at radius 3 is 2.70 bits per heavy atom. The highest BCUT2D eigenvalue weighted by molar-refractivity contribution is 7.89. The van der Waals surface area contributed by atoms with Crippen molar-refractivity contribution in [3.63, 3.8) is 0 Å². The molecule has 1 N–H and O–H groups in total. The van der Waals surface area contributed by atoms with Crippen LogP contribution in [0, 0.1) is 6.92 Å². The molecule has 2 heterocycles. The average molecular weight is 315 g/mol. The average Bonchev–Trinajstić information content (AvgIpc) is 2.98. The molecule has 2 aromatic heterocycles. The molecule has 0 unspecified atom stereocenters. The molecule has 0 spiro atoms. The van der Waals surface area contributed by atoms with Gasteiger partial charge >= 0.3 is 5.97 Å². The Labute approximate surface area is 120 Å². The van der Waals surface area contributed by atoms with E-state index in [9.17, 15) is 13.2 Å². The van der Waals surface area contributed by atoms with Gasteiger partial charge in [0.2, 0.25) is 10.0 Å². The zero-order valence-corrected chi connectivity index (χ0v) is 12.5. The molecule has 108 valence electrons. The molecule has 0 aliphatic rings. The Morgan fingerprint density at radius 2 is 2.20 bits per heavy atom. The van der Waals surface area contributed by atoms with Gasteiger partial charge in [0.15, 0.2) is 0 Å². The number of sulfonamides is 1. The fraction of sp³-hybridized carbons (Fsp3) is 0.250. The summed E-state index contributed by atoms with van der Waals surface area (Å²) in [5, 5.41) is 8.92. The predicted molar refractivity (Wildman–Crippen MR) is 73.4 cm³/mol. The van der Waals surface area contributed by atoms with E-state index >= 15 is 0 Å². The third-order valence-corrected chi connectivity index (χ3v) is 5.85. The van der Waals surface area contributed by atoms with Crippen molar-refractivity contribution in [2.24, 2.45) is 0 Å². The Kier molecular flexibility index (Phi) is 3.98. The number of hydrogen-bond donors (Lipinski definition) is 1. The standard InChI is InChI=1S/C12H13NO5S2/c1-8-11(5-10(19-8)12(14)15)20(16,17)13(2)6-9-3-4-18-7-9/h3-5,7H,6H2,1-2H3,(H,14,15). The fourth-order valence-corrected chi connectivity index (χ4v) is 4.27. The first-order valence-electron chi connectivity index (χ1n) is 5.63. The molecule has 0 saturated heterocycles. The molecule has 0 amide bonds. The summed E-state index contributed by atoms with van der Waals surface area (Å²) >= 11 is 0.951. The van der Waals surface area contributed by atoms with Gasteiger partial charge in [0, 0.05) is 24.0 Å². The number of nitrogens with zero attached hydrogens (tertiary/aromatic N) is 1. The van der Waals surface area contributed by atoms with Crippen molar-refractivity contribution in [3.8, 4) is 0 Å². The number of furan rings is 1. The van der Waals surface area contributed by atoms with Crippen LogP contribution in [0.4, 0.5) is 0 Å². The molecule has 20 heavy (non-hydrogen) atoms. The summed E-state index contributed by atoms with van der Waals surface area (Å²) < 4.78 is 30.9. The summed E-state index contributed by atoms with van der Waals surface area (Å²) in [5.74, 6) is -1.13. The van der Waals surface area contributed by atoms with Crippen molar-refractivity contribution in [1.82, 2.24) is 4.31 Å². The van der Waals surface area contributed by atoms with E-state index in [1.54, 1.807) is 13.0 Å². The fourth-order valence-electron chi connectivity index (χ4n) is 1.72. The SMILES string of the molecule is Cc1sc(C(=O)O)cc1S(=O)(=O)N(C)Cc1ccoc1. The van der Waals surface area contributed by atoms with E-state index in [1.807, 2.05) is 0 Å². The highest BCUT2D eigenvalue weighted by Crippen LogP contribution is 2.28. The number of aryl methyl sites for hydroxylation is 1. The van der Waals surface area contributed by atoms with Gasteiger partial charge in [-0.3, -0.25) is 0 Å². The molecular formula is C12H13NO5S2. The van der Waals surface area contributed by atoms with Gasteiger partial charge in [0.05, 0.1) is 17.4 Å². The van der Waals surface area contributed by atoms with Gasteiger partial charge in [-0.25, -0.2) is 13.2 Å². The Balaban J connectivity index is 2.32. The van der Waals surface area contributed by atoms with Crippen molar-refractivity contribution < 1.29 is 22.7 Å². The molecule has 0 aromatic carbocycles. The summed E-state index contributed by atoms with van der Waals surface area (Å²) in [5.41, 5.74) is 0.724. The lowest BCUT2D eigenvalue weighted by Gasteiger charge is -2.15. The highest BCUT2D eigenvalue weighted by atomic mass is 32.2. The molecule has 8 heteroatoms. The van der Waals surface area contributed by atoms with Gasteiger partial charge in [-0.15, -0.1) is 11.3 Å². The first kappa shape index (κ1) is 14.8. The van der Waals surface area contributed by atoms with Crippen molar-refractivity contribution in [1.29, 1.82) is 0 Å². The second-order valence-electron chi connectivity index (χ2n) is 4.23. The monoisotopic (exact) mass is 315 g/mol. The molecular weight excluding hydrogens is 302 g/mol. The van der Waals surface area contributed by atoms with Gasteiger partial charge in [-0.1, -0.05) is 0 Å². The third-order valence-electron chi connectivity index (χ3n) is 2.76. The lowest BCUT2D eigenvalue weighted by molar-refractivity contribution is 0.0702. The minimum absolute atomic E-state index is 0.0118. The predicted octanol–water partition coefficient (Wildman–Crippen LogP) is 2.17. The molecule has 0 atom stereocenters. The van der Waals surface area contributed by atoms with E-state index in [0.29, 0.717) is 4.88 Å². The smallest absolute Gasteiger partial charge is 0.345 e. The number of rotatable bonds is 5. The van der Waals surface area contributed by atoms with E-state index < -0.39 is 16.0 Å². The normalized spacial score (nSPS) is 11.9. The minimum atomic E-state index is -3.72. The molecule has 0 saturated carbocycles. The van der Waals surface area contributed by atoms with Crippen molar-refractivity contribution >= 4 is 27.3 Å². The maximum absolute atomic E-state index is 12.4. The van der Waals surface area contributed by atoms with Crippen LogP contribution in [-0.2, 0) is 16.6 Å². The van der Waals surface area contributed by atoms with Gasteiger partial charge in [0.1, 0.15) is 4.88 Å². The van der Waals surface area contributed by atoms with Gasteiger partial charge in [-0.05, 0) is 19.1 Å². The highest BCUT2D eigenvalue weighted by Gasteiger charge is 2.26. The minimum Gasteiger partial charge on any atom is -0.477 e.